The van der Waals surface area contributed by atoms with E-state index in [4.69, 9.17) is 11.5 Å². The summed E-state index contributed by atoms with van der Waals surface area (Å²) < 4.78 is 4.05. The first-order valence-electron chi connectivity index (χ1n) is 6.67. The van der Waals surface area contributed by atoms with Gasteiger partial charge in [-0.25, -0.2) is 0 Å². The predicted molar refractivity (Wildman–Crippen MR) is 76.4 cm³/mol. The molecule has 6 nitrogen and oxygen atoms in total. The first-order chi connectivity index (χ1) is 9.15. The molecule has 2 fully saturated rings. The highest BCUT2D eigenvalue weighted by molar-refractivity contribution is 7.11. The van der Waals surface area contributed by atoms with Crippen LogP contribution in [0.25, 0.3) is 0 Å². The summed E-state index contributed by atoms with van der Waals surface area (Å²) in [6.07, 6.45) is 2.77. The highest BCUT2D eigenvalue weighted by atomic mass is 32.1. The number of anilines is 2. The minimum atomic E-state index is -0.485. The van der Waals surface area contributed by atoms with Gasteiger partial charge in [0.25, 0.3) is 5.91 Å². The summed E-state index contributed by atoms with van der Waals surface area (Å²) in [6, 6.07) is 0. The minimum absolute atomic E-state index is 0.257. The summed E-state index contributed by atoms with van der Waals surface area (Å²) in [7, 11) is 0. The van der Waals surface area contributed by atoms with Crippen LogP contribution in [-0.2, 0) is 0 Å². The Bertz CT molecular complexity index is 476. The molecule has 7 heteroatoms. The van der Waals surface area contributed by atoms with Gasteiger partial charge >= 0.3 is 0 Å². The highest BCUT2D eigenvalue weighted by Crippen LogP contribution is 2.32. The zero-order valence-corrected chi connectivity index (χ0v) is 11.7. The van der Waals surface area contributed by atoms with Crippen molar-refractivity contribution in [2.24, 2.45) is 11.7 Å². The standard InChI is InChI=1S/C12H19N5OS/c13-10-9(11(14)18)12(19-15-10)17-5-3-16(4-6-17)7-8-1-2-8/h8H,1-7H2,(H2,13,15)(H2,14,18). The SMILES string of the molecule is NC(=O)c1c(N)nsc1N1CCN(CC2CC2)CC1. The molecular weight excluding hydrogens is 262 g/mol. The lowest BCUT2D eigenvalue weighted by Gasteiger charge is -2.35. The average molecular weight is 281 g/mol. The second-order valence-corrected chi connectivity index (χ2v) is 6.10. The number of hydrogen-bond acceptors (Lipinski definition) is 6. The van der Waals surface area contributed by atoms with Crippen LogP contribution >= 0.6 is 11.5 Å². The molecule has 2 aliphatic rings. The van der Waals surface area contributed by atoms with Gasteiger partial charge in [-0.3, -0.25) is 9.69 Å². The smallest absolute Gasteiger partial charge is 0.255 e. The van der Waals surface area contributed by atoms with Gasteiger partial charge in [-0.2, -0.15) is 4.37 Å². The van der Waals surface area contributed by atoms with Crippen LogP contribution in [0.4, 0.5) is 10.8 Å². The van der Waals surface area contributed by atoms with E-state index in [9.17, 15) is 4.79 Å². The number of nitrogens with zero attached hydrogens (tertiary/aromatic N) is 3. The quantitative estimate of drug-likeness (QED) is 0.831. The number of carbonyl (C=O) groups excluding carboxylic acids is 1. The molecular formula is C12H19N5OS. The average Bonchev–Trinajstić information content (AvgIpc) is 3.10. The maximum atomic E-state index is 11.4. The van der Waals surface area contributed by atoms with E-state index in [1.54, 1.807) is 0 Å². The molecule has 1 aromatic heterocycles. The maximum absolute atomic E-state index is 11.4. The van der Waals surface area contributed by atoms with E-state index in [2.05, 4.69) is 14.2 Å². The topological polar surface area (TPSA) is 88.5 Å². The van der Waals surface area contributed by atoms with Crippen molar-refractivity contribution < 1.29 is 4.79 Å². The normalized spacial score (nSPS) is 20.7. The van der Waals surface area contributed by atoms with Crippen molar-refractivity contribution in [1.29, 1.82) is 0 Å². The number of nitrogen functional groups attached to an aromatic ring is 1. The molecule has 0 radical (unpaired) electrons. The number of hydrogen-bond donors (Lipinski definition) is 2. The van der Waals surface area contributed by atoms with Crippen LogP contribution < -0.4 is 16.4 Å². The van der Waals surface area contributed by atoms with Crippen LogP contribution in [-0.4, -0.2) is 47.9 Å². The maximum Gasteiger partial charge on any atom is 0.255 e. The third-order valence-corrected chi connectivity index (χ3v) is 4.74. The van der Waals surface area contributed by atoms with Gasteiger partial charge in [0.2, 0.25) is 0 Å². The monoisotopic (exact) mass is 281 g/mol. The molecule has 0 aromatic carbocycles. The number of rotatable bonds is 4. The van der Waals surface area contributed by atoms with Gasteiger partial charge in [-0.05, 0) is 30.3 Å². The van der Waals surface area contributed by atoms with Crippen molar-refractivity contribution >= 4 is 28.3 Å². The van der Waals surface area contributed by atoms with Gasteiger partial charge in [0.05, 0.1) is 0 Å². The van der Waals surface area contributed by atoms with Gasteiger partial charge in [-0.1, -0.05) is 0 Å². The second kappa shape index (κ2) is 4.97. The first-order valence-corrected chi connectivity index (χ1v) is 7.44. The fourth-order valence-electron chi connectivity index (χ4n) is 2.54. The fourth-order valence-corrected chi connectivity index (χ4v) is 3.41. The highest BCUT2D eigenvalue weighted by Gasteiger charge is 2.28. The van der Waals surface area contributed by atoms with E-state index in [0.29, 0.717) is 5.56 Å². The largest absolute Gasteiger partial charge is 0.382 e. The molecule has 0 spiro atoms. The van der Waals surface area contributed by atoms with Crippen LogP contribution in [0.3, 0.4) is 0 Å². The molecule has 0 atom stereocenters. The van der Waals surface area contributed by atoms with Crippen molar-refractivity contribution in [1.82, 2.24) is 9.27 Å². The Hall–Kier alpha value is -1.34. The zero-order chi connectivity index (χ0) is 13.4. The summed E-state index contributed by atoms with van der Waals surface area (Å²) in [5.74, 6) is 0.696. The Balaban J connectivity index is 1.65. The van der Waals surface area contributed by atoms with Crippen molar-refractivity contribution in [3.63, 3.8) is 0 Å². The number of carbonyl (C=O) groups is 1. The summed E-state index contributed by atoms with van der Waals surface area (Å²) in [6.45, 7) is 5.11. The fraction of sp³-hybridized carbons (Fsp3) is 0.667. The van der Waals surface area contributed by atoms with Crippen molar-refractivity contribution in [3.8, 4) is 0 Å². The molecule has 1 aliphatic carbocycles. The van der Waals surface area contributed by atoms with E-state index in [0.717, 1.165) is 37.1 Å². The number of primary amides is 1. The Morgan fingerprint density at radius 1 is 1.32 bits per heavy atom. The molecule has 1 aliphatic heterocycles. The lowest BCUT2D eigenvalue weighted by atomic mass is 10.2. The van der Waals surface area contributed by atoms with Gasteiger partial charge in [0.15, 0.2) is 5.82 Å². The van der Waals surface area contributed by atoms with Crippen LogP contribution in [0.1, 0.15) is 23.2 Å². The Labute approximate surface area is 116 Å². The van der Waals surface area contributed by atoms with Gasteiger partial charge in [0.1, 0.15) is 10.6 Å². The first kappa shape index (κ1) is 12.7. The van der Waals surface area contributed by atoms with Gasteiger partial charge in [0, 0.05) is 32.7 Å². The molecule has 1 aromatic rings. The lowest BCUT2D eigenvalue weighted by Crippen LogP contribution is -2.47. The van der Waals surface area contributed by atoms with Gasteiger partial charge in [-0.15, -0.1) is 0 Å². The Kier molecular flexibility index (Phi) is 3.32. The molecule has 1 saturated carbocycles. The zero-order valence-electron chi connectivity index (χ0n) is 10.8. The van der Waals surface area contributed by atoms with Gasteiger partial charge < -0.3 is 16.4 Å². The molecule has 3 rings (SSSR count). The summed E-state index contributed by atoms with van der Waals surface area (Å²) in [4.78, 5) is 16.1. The van der Waals surface area contributed by atoms with E-state index in [-0.39, 0.29) is 5.82 Å². The summed E-state index contributed by atoms with van der Waals surface area (Å²) >= 11 is 1.27. The Morgan fingerprint density at radius 2 is 2.00 bits per heavy atom. The number of nitrogens with two attached hydrogens (primary N) is 2. The molecule has 1 amide bonds. The minimum Gasteiger partial charge on any atom is -0.382 e. The molecule has 19 heavy (non-hydrogen) atoms. The van der Waals surface area contributed by atoms with E-state index in [1.807, 2.05) is 0 Å². The second-order valence-electron chi connectivity index (χ2n) is 5.34. The molecule has 4 N–H and O–H groups in total. The molecule has 104 valence electrons. The van der Waals surface area contributed by atoms with E-state index in [1.165, 1.54) is 30.9 Å². The molecule has 2 heterocycles. The molecule has 0 bridgehead atoms. The predicted octanol–water partition coefficient (Wildman–Crippen LogP) is 0.356. The van der Waals surface area contributed by atoms with Crippen molar-refractivity contribution in [2.45, 2.75) is 12.8 Å². The van der Waals surface area contributed by atoms with Crippen LogP contribution in [0.15, 0.2) is 0 Å². The number of amides is 1. The van der Waals surface area contributed by atoms with Crippen LogP contribution in [0.5, 0.6) is 0 Å². The number of aromatic nitrogens is 1. The van der Waals surface area contributed by atoms with Crippen LogP contribution in [0, 0.1) is 5.92 Å². The molecule has 0 unspecified atom stereocenters. The lowest BCUT2D eigenvalue weighted by molar-refractivity contribution is 0.100. The Morgan fingerprint density at radius 3 is 2.58 bits per heavy atom. The summed E-state index contributed by atoms with van der Waals surface area (Å²) in [5.41, 5.74) is 11.5. The van der Waals surface area contributed by atoms with E-state index >= 15 is 0 Å². The third kappa shape index (κ3) is 2.66. The van der Waals surface area contributed by atoms with Crippen LogP contribution in [0.2, 0.25) is 0 Å². The third-order valence-electron chi connectivity index (χ3n) is 3.82. The molecule has 1 saturated heterocycles. The van der Waals surface area contributed by atoms with E-state index < -0.39 is 5.91 Å². The van der Waals surface area contributed by atoms with Crippen molar-refractivity contribution in [2.75, 3.05) is 43.4 Å². The number of piperazine rings is 1. The van der Waals surface area contributed by atoms with Crippen molar-refractivity contribution in [3.05, 3.63) is 5.56 Å². The summed E-state index contributed by atoms with van der Waals surface area (Å²) in [5, 5.41) is 0.830.